The number of para-hydroxylation sites is 1. The summed E-state index contributed by atoms with van der Waals surface area (Å²) in [5.74, 6) is 0.955. The summed E-state index contributed by atoms with van der Waals surface area (Å²) in [7, 11) is 0. The molecule has 9 heteroatoms. The summed E-state index contributed by atoms with van der Waals surface area (Å²) in [4.78, 5) is 23.5. The van der Waals surface area contributed by atoms with Crippen molar-refractivity contribution >= 4 is 28.3 Å². The number of hydrogen-bond acceptors (Lipinski definition) is 7. The molecule has 4 N–H and O–H groups in total. The molecule has 1 aromatic heterocycles. The number of H-pyrrole nitrogens is 1. The molecule has 1 atom stereocenters. The van der Waals surface area contributed by atoms with Crippen LogP contribution in [-0.4, -0.2) is 71.7 Å². The monoisotopic (exact) mass is 488 g/mol. The zero-order valence-corrected chi connectivity index (χ0v) is 19.7. The number of aliphatic hydroxyl groups is 2. The molecule has 0 saturated carbocycles. The molecule has 36 heavy (non-hydrogen) atoms. The fourth-order valence-corrected chi connectivity index (χ4v) is 4.10. The fourth-order valence-electron chi connectivity index (χ4n) is 4.10. The van der Waals surface area contributed by atoms with E-state index in [-0.39, 0.29) is 19.1 Å². The number of fused-ring (bicyclic) bond motifs is 1. The van der Waals surface area contributed by atoms with Gasteiger partial charge in [-0.15, -0.1) is 0 Å². The Labute approximate surface area is 208 Å². The summed E-state index contributed by atoms with van der Waals surface area (Å²) in [6.07, 6.45) is -0.939. The summed E-state index contributed by atoms with van der Waals surface area (Å²) < 4.78 is 10.9. The van der Waals surface area contributed by atoms with Gasteiger partial charge in [-0.2, -0.15) is 0 Å². The second kappa shape index (κ2) is 10.8. The van der Waals surface area contributed by atoms with Gasteiger partial charge < -0.3 is 34.9 Å². The number of nitrogens with zero attached hydrogens (tertiary/aromatic N) is 2. The van der Waals surface area contributed by atoms with E-state index in [2.05, 4.69) is 27.3 Å². The summed E-state index contributed by atoms with van der Waals surface area (Å²) in [5.41, 5.74) is 4.50. The molecule has 2 heterocycles. The minimum Gasteiger partial charge on any atom is -0.491 e. The minimum atomic E-state index is -0.939. The third kappa shape index (κ3) is 5.33. The number of nitrogens with one attached hydrogen (secondary N) is 2. The Morgan fingerprint density at radius 1 is 1.11 bits per heavy atom. The highest BCUT2D eigenvalue weighted by molar-refractivity contribution is 6.11. The number of ether oxygens (including phenoxy) is 2. The SMILES string of the molecule is O=C(Nc1ccc(OCC(O)CO)cc1)c1cccc2[nH]c(-c3cccc(N4CCOCC4)c3)nc12. The Balaban J connectivity index is 1.33. The summed E-state index contributed by atoms with van der Waals surface area (Å²) in [5, 5.41) is 21.2. The van der Waals surface area contributed by atoms with Crippen LogP contribution in [0.3, 0.4) is 0 Å². The molecule has 1 saturated heterocycles. The van der Waals surface area contributed by atoms with Crippen molar-refractivity contribution in [3.05, 3.63) is 72.3 Å². The van der Waals surface area contributed by atoms with E-state index < -0.39 is 6.10 Å². The number of aliphatic hydroxyl groups excluding tert-OH is 2. The Kier molecular flexibility index (Phi) is 7.13. The molecule has 1 unspecified atom stereocenters. The molecule has 0 spiro atoms. The summed E-state index contributed by atoms with van der Waals surface area (Å²) >= 11 is 0. The highest BCUT2D eigenvalue weighted by atomic mass is 16.5. The molecular formula is C27H28N4O5. The number of rotatable bonds is 8. The summed E-state index contributed by atoms with van der Waals surface area (Å²) in [6.45, 7) is 2.76. The van der Waals surface area contributed by atoms with E-state index in [1.54, 1.807) is 30.3 Å². The van der Waals surface area contributed by atoms with Gasteiger partial charge in [0.2, 0.25) is 0 Å². The number of morpholine rings is 1. The molecule has 3 aromatic carbocycles. The fraction of sp³-hybridized carbons (Fsp3) is 0.259. The van der Waals surface area contributed by atoms with Crippen LogP contribution in [0.15, 0.2) is 66.7 Å². The number of aromatic amines is 1. The van der Waals surface area contributed by atoms with Gasteiger partial charge in [0.25, 0.3) is 5.91 Å². The van der Waals surface area contributed by atoms with Gasteiger partial charge in [0.05, 0.1) is 30.9 Å². The van der Waals surface area contributed by atoms with Crippen LogP contribution in [0.1, 0.15) is 10.4 Å². The number of carbonyl (C=O) groups is 1. The van der Waals surface area contributed by atoms with Crippen molar-refractivity contribution in [1.82, 2.24) is 9.97 Å². The normalized spacial score (nSPS) is 14.6. The predicted octanol–water partition coefficient (Wildman–Crippen LogP) is 3.05. The van der Waals surface area contributed by atoms with Gasteiger partial charge in [-0.3, -0.25) is 4.79 Å². The van der Waals surface area contributed by atoms with Gasteiger partial charge in [0, 0.05) is 30.0 Å². The van der Waals surface area contributed by atoms with E-state index in [9.17, 15) is 9.90 Å². The molecule has 9 nitrogen and oxygen atoms in total. The van der Waals surface area contributed by atoms with E-state index in [0.717, 1.165) is 43.1 Å². The largest absolute Gasteiger partial charge is 0.491 e. The van der Waals surface area contributed by atoms with E-state index >= 15 is 0 Å². The maximum Gasteiger partial charge on any atom is 0.257 e. The van der Waals surface area contributed by atoms with E-state index in [1.807, 2.05) is 24.3 Å². The van der Waals surface area contributed by atoms with Crippen molar-refractivity contribution in [2.45, 2.75) is 6.10 Å². The third-order valence-electron chi connectivity index (χ3n) is 6.02. The van der Waals surface area contributed by atoms with Crippen molar-refractivity contribution in [2.24, 2.45) is 0 Å². The van der Waals surface area contributed by atoms with E-state index in [0.29, 0.717) is 28.3 Å². The molecule has 1 amide bonds. The van der Waals surface area contributed by atoms with Gasteiger partial charge in [-0.1, -0.05) is 18.2 Å². The second-order valence-corrected chi connectivity index (χ2v) is 8.56. The Morgan fingerprint density at radius 2 is 1.89 bits per heavy atom. The molecule has 0 bridgehead atoms. The zero-order valence-electron chi connectivity index (χ0n) is 19.7. The molecule has 1 fully saturated rings. The third-order valence-corrected chi connectivity index (χ3v) is 6.02. The molecule has 0 aliphatic carbocycles. The average molecular weight is 489 g/mol. The lowest BCUT2D eigenvalue weighted by Crippen LogP contribution is -2.36. The maximum atomic E-state index is 13.1. The second-order valence-electron chi connectivity index (χ2n) is 8.56. The number of hydrogen-bond donors (Lipinski definition) is 4. The van der Waals surface area contributed by atoms with Crippen molar-refractivity contribution in [1.29, 1.82) is 0 Å². The molecule has 186 valence electrons. The van der Waals surface area contributed by atoms with Crippen molar-refractivity contribution < 1.29 is 24.5 Å². The van der Waals surface area contributed by atoms with Crippen LogP contribution >= 0.6 is 0 Å². The average Bonchev–Trinajstić information content (AvgIpc) is 3.38. The minimum absolute atomic E-state index is 0.0128. The first-order chi connectivity index (χ1) is 17.6. The maximum absolute atomic E-state index is 13.1. The molecule has 1 aliphatic rings. The van der Waals surface area contributed by atoms with Crippen LogP contribution in [-0.2, 0) is 4.74 Å². The van der Waals surface area contributed by atoms with Crippen LogP contribution in [0.4, 0.5) is 11.4 Å². The lowest BCUT2D eigenvalue weighted by molar-refractivity contribution is 0.0536. The lowest BCUT2D eigenvalue weighted by Gasteiger charge is -2.29. The first-order valence-corrected chi connectivity index (χ1v) is 11.9. The number of aromatic nitrogens is 2. The first kappa shape index (κ1) is 23.8. The van der Waals surface area contributed by atoms with Gasteiger partial charge >= 0.3 is 0 Å². The van der Waals surface area contributed by atoms with Crippen molar-refractivity contribution in [2.75, 3.05) is 49.7 Å². The molecule has 5 rings (SSSR count). The van der Waals surface area contributed by atoms with Crippen LogP contribution in [0.5, 0.6) is 5.75 Å². The highest BCUT2D eigenvalue weighted by Crippen LogP contribution is 2.27. The molecule has 1 aliphatic heterocycles. The van der Waals surface area contributed by atoms with Gasteiger partial charge in [0.1, 0.15) is 29.8 Å². The van der Waals surface area contributed by atoms with Crippen LogP contribution < -0.4 is 15.0 Å². The van der Waals surface area contributed by atoms with Crippen LogP contribution in [0.25, 0.3) is 22.4 Å². The number of anilines is 2. The van der Waals surface area contributed by atoms with Crippen molar-refractivity contribution in [3.8, 4) is 17.1 Å². The van der Waals surface area contributed by atoms with Gasteiger partial charge in [0.15, 0.2) is 0 Å². The standard InChI is InChI=1S/C27H28N4O5/c32-16-21(33)17-36-22-9-7-19(8-10-22)28-27(34)23-5-2-6-24-25(23)30-26(29-24)18-3-1-4-20(15-18)31-11-13-35-14-12-31/h1-10,15,21,32-33H,11-14,16-17H2,(H,28,34)(H,29,30). The Morgan fingerprint density at radius 3 is 2.67 bits per heavy atom. The topological polar surface area (TPSA) is 120 Å². The number of benzene rings is 3. The van der Waals surface area contributed by atoms with Gasteiger partial charge in [-0.05, 0) is 48.5 Å². The summed E-state index contributed by atoms with van der Waals surface area (Å²) in [6, 6.07) is 20.5. The predicted molar refractivity (Wildman–Crippen MR) is 138 cm³/mol. The van der Waals surface area contributed by atoms with Crippen LogP contribution in [0, 0.1) is 0 Å². The smallest absolute Gasteiger partial charge is 0.257 e. The first-order valence-electron chi connectivity index (χ1n) is 11.9. The zero-order chi connectivity index (χ0) is 24.9. The molecule has 0 radical (unpaired) electrons. The highest BCUT2D eigenvalue weighted by Gasteiger charge is 2.16. The molecule has 4 aromatic rings. The Bertz CT molecular complexity index is 1330. The van der Waals surface area contributed by atoms with E-state index in [1.165, 1.54) is 0 Å². The number of carbonyl (C=O) groups excluding carboxylic acids is 1. The lowest BCUT2D eigenvalue weighted by atomic mass is 10.1. The molecular weight excluding hydrogens is 460 g/mol. The van der Waals surface area contributed by atoms with E-state index in [4.69, 9.17) is 19.6 Å². The van der Waals surface area contributed by atoms with Crippen LogP contribution in [0.2, 0.25) is 0 Å². The number of imidazole rings is 1. The quantitative estimate of drug-likeness (QED) is 0.301. The van der Waals surface area contributed by atoms with Crippen molar-refractivity contribution in [3.63, 3.8) is 0 Å². The van der Waals surface area contributed by atoms with Gasteiger partial charge in [-0.25, -0.2) is 4.98 Å². The number of amides is 1. The Hall–Kier alpha value is -3.92.